The second-order valence-electron chi connectivity index (χ2n) is 2.54. The molecule has 0 aliphatic rings. The lowest BCUT2D eigenvalue weighted by Crippen LogP contribution is -2.08. The van der Waals surface area contributed by atoms with Gasteiger partial charge in [0.2, 0.25) is 0 Å². The summed E-state index contributed by atoms with van der Waals surface area (Å²) in [7, 11) is 0. The van der Waals surface area contributed by atoms with E-state index in [1.165, 1.54) is 5.56 Å². The van der Waals surface area contributed by atoms with Crippen molar-refractivity contribution in [1.82, 2.24) is 0 Å². The molecule has 0 fully saturated rings. The summed E-state index contributed by atoms with van der Waals surface area (Å²) in [6, 6.07) is 10.2. The van der Waals surface area contributed by atoms with E-state index >= 15 is 0 Å². The molecular formula is C10H13N. The predicted octanol–water partition coefficient (Wildman–Crippen LogP) is 2.26. The number of nitrogens with two attached hydrogens (primary N) is 1. The fourth-order valence-electron chi connectivity index (χ4n) is 1.02. The fourth-order valence-corrected chi connectivity index (χ4v) is 1.02. The van der Waals surface area contributed by atoms with E-state index in [1.54, 1.807) is 0 Å². The van der Waals surface area contributed by atoms with E-state index in [-0.39, 0.29) is 6.04 Å². The van der Waals surface area contributed by atoms with Crippen LogP contribution in [0, 0.1) is 0 Å². The molecule has 0 spiro atoms. The maximum atomic E-state index is 5.83. The minimum atomic E-state index is 0.105. The molecule has 1 rings (SSSR count). The predicted molar refractivity (Wildman–Crippen MR) is 48.2 cm³/mol. The van der Waals surface area contributed by atoms with Gasteiger partial charge in [0, 0.05) is 6.04 Å². The van der Waals surface area contributed by atoms with Crippen molar-refractivity contribution in [2.24, 2.45) is 5.73 Å². The van der Waals surface area contributed by atoms with Crippen LogP contribution in [-0.2, 0) is 0 Å². The smallest absolute Gasteiger partial charge is 0.0329 e. The van der Waals surface area contributed by atoms with Crippen LogP contribution < -0.4 is 5.73 Å². The summed E-state index contributed by atoms with van der Waals surface area (Å²) in [5, 5.41) is 0. The summed E-state index contributed by atoms with van der Waals surface area (Å²) in [5.41, 5.74) is 7.01. The van der Waals surface area contributed by atoms with Gasteiger partial charge in [-0.3, -0.25) is 0 Å². The monoisotopic (exact) mass is 147 g/mol. The number of benzene rings is 1. The van der Waals surface area contributed by atoms with Crippen LogP contribution in [0.2, 0.25) is 0 Å². The molecular weight excluding hydrogens is 134 g/mol. The van der Waals surface area contributed by atoms with Crippen LogP contribution in [-0.4, -0.2) is 0 Å². The molecule has 0 aromatic heterocycles. The van der Waals surface area contributed by atoms with Gasteiger partial charge in [0.15, 0.2) is 0 Å². The summed E-state index contributed by atoms with van der Waals surface area (Å²) in [5.74, 6) is 0. The van der Waals surface area contributed by atoms with Crippen LogP contribution in [0.3, 0.4) is 0 Å². The molecule has 0 bridgehead atoms. The van der Waals surface area contributed by atoms with E-state index < -0.39 is 0 Å². The summed E-state index contributed by atoms with van der Waals surface area (Å²) in [4.78, 5) is 0. The molecule has 58 valence electrons. The highest BCUT2D eigenvalue weighted by molar-refractivity contribution is 5.18. The third-order valence-corrected chi connectivity index (χ3v) is 1.65. The Hall–Kier alpha value is -1.08. The van der Waals surface area contributed by atoms with E-state index in [0.29, 0.717) is 0 Å². The molecule has 1 unspecified atom stereocenters. The fraction of sp³-hybridized carbons (Fsp3) is 0.200. The van der Waals surface area contributed by atoms with Gasteiger partial charge in [0.05, 0.1) is 0 Å². The SMILES string of the molecule is C=CCC(N)c1ccccc1. The second kappa shape index (κ2) is 3.94. The topological polar surface area (TPSA) is 26.0 Å². The van der Waals surface area contributed by atoms with Gasteiger partial charge in [-0.15, -0.1) is 6.58 Å². The lowest BCUT2D eigenvalue weighted by Gasteiger charge is -2.07. The van der Waals surface area contributed by atoms with Crippen LogP contribution in [0.1, 0.15) is 18.0 Å². The van der Waals surface area contributed by atoms with Crippen molar-refractivity contribution in [2.45, 2.75) is 12.5 Å². The van der Waals surface area contributed by atoms with E-state index in [4.69, 9.17) is 5.73 Å². The normalized spacial score (nSPS) is 12.5. The highest BCUT2D eigenvalue weighted by Crippen LogP contribution is 2.12. The largest absolute Gasteiger partial charge is 0.324 e. The Balaban J connectivity index is 2.68. The van der Waals surface area contributed by atoms with Gasteiger partial charge < -0.3 is 5.73 Å². The van der Waals surface area contributed by atoms with Gasteiger partial charge in [0.25, 0.3) is 0 Å². The Bertz CT molecular complexity index is 216. The zero-order valence-electron chi connectivity index (χ0n) is 6.53. The molecule has 1 aromatic carbocycles. The first kappa shape index (κ1) is 8.02. The van der Waals surface area contributed by atoms with Gasteiger partial charge >= 0.3 is 0 Å². The molecule has 1 heteroatoms. The van der Waals surface area contributed by atoms with Crippen molar-refractivity contribution in [3.8, 4) is 0 Å². The van der Waals surface area contributed by atoms with Crippen molar-refractivity contribution in [2.75, 3.05) is 0 Å². The Kier molecular flexibility index (Phi) is 2.87. The first-order valence-corrected chi connectivity index (χ1v) is 3.76. The maximum Gasteiger partial charge on any atom is 0.0329 e. The van der Waals surface area contributed by atoms with Gasteiger partial charge in [-0.2, -0.15) is 0 Å². The lowest BCUT2D eigenvalue weighted by atomic mass is 10.1. The summed E-state index contributed by atoms with van der Waals surface area (Å²) in [6.45, 7) is 3.65. The zero-order chi connectivity index (χ0) is 8.10. The molecule has 0 aliphatic heterocycles. The van der Waals surface area contributed by atoms with Crippen molar-refractivity contribution in [1.29, 1.82) is 0 Å². The molecule has 11 heavy (non-hydrogen) atoms. The minimum absolute atomic E-state index is 0.105. The number of rotatable bonds is 3. The third kappa shape index (κ3) is 2.20. The second-order valence-corrected chi connectivity index (χ2v) is 2.54. The molecule has 2 N–H and O–H groups in total. The Morgan fingerprint density at radius 1 is 1.36 bits per heavy atom. The standard InChI is InChI=1S/C10H13N/c1-2-6-10(11)9-7-4-3-5-8-9/h2-5,7-8,10H,1,6,11H2. The van der Waals surface area contributed by atoms with Gasteiger partial charge in [-0.1, -0.05) is 36.4 Å². The molecule has 0 saturated heterocycles. The van der Waals surface area contributed by atoms with Crippen molar-refractivity contribution >= 4 is 0 Å². The highest BCUT2D eigenvalue weighted by Gasteiger charge is 2.00. The molecule has 1 nitrogen and oxygen atoms in total. The van der Waals surface area contributed by atoms with E-state index in [9.17, 15) is 0 Å². The number of hydrogen-bond acceptors (Lipinski definition) is 1. The molecule has 0 heterocycles. The van der Waals surface area contributed by atoms with Crippen LogP contribution in [0.25, 0.3) is 0 Å². The average Bonchev–Trinajstić information content (AvgIpc) is 2.07. The van der Waals surface area contributed by atoms with Crippen molar-refractivity contribution in [3.05, 3.63) is 48.6 Å². The van der Waals surface area contributed by atoms with E-state index in [1.807, 2.05) is 36.4 Å². The van der Waals surface area contributed by atoms with Gasteiger partial charge in [-0.05, 0) is 12.0 Å². The molecule has 1 aromatic rings. The number of hydrogen-bond donors (Lipinski definition) is 1. The molecule has 0 aliphatic carbocycles. The van der Waals surface area contributed by atoms with Crippen molar-refractivity contribution < 1.29 is 0 Å². The first-order chi connectivity index (χ1) is 5.34. The van der Waals surface area contributed by atoms with Crippen LogP contribution in [0.4, 0.5) is 0 Å². The molecule has 0 amide bonds. The van der Waals surface area contributed by atoms with E-state index in [2.05, 4.69) is 6.58 Å². The van der Waals surface area contributed by atoms with Crippen molar-refractivity contribution in [3.63, 3.8) is 0 Å². The third-order valence-electron chi connectivity index (χ3n) is 1.65. The molecule has 0 radical (unpaired) electrons. The Morgan fingerprint density at radius 2 is 2.00 bits per heavy atom. The average molecular weight is 147 g/mol. The molecule has 0 saturated carbocycles. The maximum absolute atomic E-state index is 5.83. The lowest BCUT2D eigenvalue weighted by molar-refractivity contribution is 0.742. The van der Waals surface area contributed by atoms with Crippen LogP contribution in [0.5, 0.6) is 0 Å². The van der Waals surface area contributed by atoms with E-state index in [0.717, 1.165) is 6.42 Å². The van der Waals surface area contributed by atoms with Gasteiger partial charge in [0.1, 0.15) is 0 Å². The minimum Gasteiger partial charge on any atom is -0.324 e. The van der Waals surface area contributed by atoms with Crippen LogP contribution >= 0.6 is 0 Å². The first-order valence-electron chi connectivity index (χ1n) is 3.76. The zero-order valence-corrected chi connectivity index (χ0v) is 6.53. The van der Waals surface area contributed by atoms with Gasteiger partial charge in [-0.25, -0.2) is 0 Å². The Labute approximate surface area is 67.5 Å². The van der Waals surface area contributed by atoms with Crippen LogP contribution in [0.15, 0.2) is 43.0 Å². The summed E-state index contributed by atoms with van der Waals surface area (Å²) in [6.07, 6.45) is 2.68. The molecule has 1 atom stereocenters. The Morgan fingerprint density at radius 3 is 2.55 bits per heavy atom. The highest BCUT2D eigenvalue weighted by atomic mass is 14.6. The summed E-state index contributed by atoms with van der Waals surface area (Å²) < 4.78 is 0. The quantitative estimate of drug-likeness (QED) is 0.652. The summed E-state index contributed by atoms with van der Waals surface area (Å²) >= 11 is 0.